The fourth-order valence-electron chi connectivity index (χ4n) is 0.780. The number of Topliss-reactive ketones (excluding diaryl/α,β-unsaturated/α-hetero) is 1. The molecule has 1 aliphatic rings. The molecule has 0 aromatic rings. The molecule has 0 fully saturated rings. The number of nitriles is 1. The number of rotatable bonds is 0. The fraction of sp³-hybridized carbons (Fsp3) is 0.143. The molecule has 0 amide bonds. The zero-order valence-electron chi connectivity index (χ0n) is 5.94. The maximum Gasteiger partial charge on any atom is 0.198 e. The van der Waals surface area contributed by atoms with Gasteiger partial charge in [-0.05, 0) is 0 Å². The quantitative estimate of drug-likeness (QED) is 0.626. The van der Waals surface area contributed by atoms with Crippen molar-refractivity contribution in [3.05, 3.63) is 20.7 Å². The van der Waals surface area contributed by atoms with E-state index in [4.69, 9.17) is 51.7 Å². The highest BCUT2D eigenvalue weighted by atomic mass is 35.5. The highest BCUT2D eigenvalue weighted by Gasteiger charge is 2.33. The molecule has 0 heterocycles. The Morgan fingerprint density at radius 1 is 1.23 bits per heavy atom. The zero-order chi connectivity index (χ0) is 10.2. The molecule has 6 heteroatoms. The van der Waals surface area contributed by atoms with E-state index >= 15 is 0 Å². The Balaban J connectivity index is 3.38. The smallest absolute Gasteiger partial charge is 0.198 e. The lowest BCUT2D eigenvalue weighted by atomic mass is 10.0. The molecule has 2 nitrogen and oxygen atoms in total. The van der Waals surface area contributed by atoms with Gasteiger partial charge in [-0.1, -0.05) is 34.8 Å². The first-order chi connectivity index (χ1) is 6.00. The van der Waals surface area contributed by atoms with Crippen molar-refractivity contribution >= 4 is 52.2 Å². The van der Waals surface area contributed by atoms with Crippen LogP contribution in [-0.4, -0.2) is 11.2 Å². The van der Waals surface area contributed by atoms with E-state index in [1.54, 1.807) is 6.07 Å². The summed E-state index contributed by atoms with van der Waals surface area (Å²) in [5.41, 5.74) is -0.254. The van der Waals surface area contributed by atoms with Crippen molar-refractivity contribution < 1.29 is 4.79 Å². The van der Waals surface area contributed by atoms with E-state index in [1.165, 1.54) is 0 Å². The van der Waals surface area contributed by atoms with Crippen molar-refractivity contribution in [3.8, 4) is 6.07 Å². The van der Waals surface area contributed by atoms with Gasteiger partial charge in [0, 0.05) is 0 Å². The summed E-state index contributed by atoms with van der Waals surface area (Å²) in [7, 11) is 0. The van der Waals surface area contributed by atoms with Crippen molar-refractivity contribution in [2.24, 2.45) is 0 Å². The predicted octanol–water partition coefficient (Wildman–Crippen LogP) is 2.88. The van der Waals surface area contributed by atoms with E-state index in [-0.39, 0.29) is 20.7 Å². The second kappa shape index (κ2) is 3.89. The Labute approximate surface area is 94.3 Å². The van der Waals surface area contributed by atoms with E-state index in [2.05, 4.69) is 0 Å². The first-order valence-corrected chi connectivity index (χ1v) is 4.61. The number of carbonyl (C=O) groups is 1. The van der Waals surface area contributed by atoms with Gasteiger partial charge >= 0.3 is 0 Å². The van der Waals surface area contributed by atoms with Crippen LogP contribution >= 0.6 is 46.4 Å². The third kappa shape index (κ3) is 1.70. The van der Waals surface area contributed by atoms with Crippen molar-refractivity contribution in [2.45, 2.75) is 5.38 Å². The van der Waals surface area contributed by atoms with Crippen LogP contribution in [0.2, 0.25) is 0 Å². The van der Waals surface area contributed by atoms with Crippen LogP contribution in [0.4, 0.5) is 0 Å². The minimum absolute atomic E-state index is 0.0421. The monoisotopic (exact) mass is 255 g/mol. The molecule has 0 saturated carbocycles. The SMILES string of the molecule is N#CC1=C(Cl)C(Cl)=C(Cl)C(Cl)C1=O. The number of nitrogens with zero attached hydrogens (tertiary/aromatic N) is 1. The standard InChI is InChI=1S/C7HCl4NO/c8-3-2(1-12)7(13)6(11)5(10)4(3)9/h6H. The molecular formula is C7HCl4NO. The number of ketones is 1. The van der Waals surface area contributed by atoms with Gasteiger partial charge in [0.05, 0.1) is 15.1 Å². The number of carbonyl (C=O) groups excluding carboxylic acids is 1. The van der Waals surface area contributed by atoms with Crippen LogP contribution in [0.25, 0.3) is 0 Å². The molecule has 1 atom stereocenters. The topological polar surface area (TPSA) is 40.9 Å². The average molecular weight is 257 g/mol. The molecule has 0 aromatic heterocycles. The Morgan fingerprint density at radius 2 is 1.77 bits per heavy atom. The van der Waals surface area contributed by atoms with E-state index in [0.717, 1.165) is 0 Å². The lowest BCUT2D eigenvalue weighted by Gasteiger charge is -2.15. The van der Waals surface area contributed by atoms with E-state index in [9.17, 15) is 4.79 Å². The zero-order valence-corrected chi connectivity index (χ0v) is 8.97. The molecule has 68 valence electrons. The van der Waals surface area contributed by atoms with E-state index in [1.807, 2.05) is 0 Å². The van der Waals surface area contributed by atoms with E-state index < -0.39 is 11.2 Å². The molecule has 13 heavy (non-hydrogen) atoms. The van der Waals surface area contributed by atoms with Gasteiger partial charge in [0.1, 0.15) is 17.0 Å². The Hall–Kier alpha value is -0.200. The lowest BCUT2D eigenvalue weighted by molar-refractivity contribution is -0.114. The molecule has 1 rings (SSSR count). The number of hydrogen-bond donors (Lipinski definition) is 0. The second-order valence-electron chi connectivity index (χ2n) is 2.19. The van der Waals surface area contributed by atoms with Gasteiger partial charge in [0.2, 0.25) is 0 Å². The van der Waals surface area contributed by atoms with Gasteiger partial charge in [-0.25, -0.2) is 0 Å². The van der Waals surface area contributed by atoms with Crippen molar-refractivity contribution in [1.29, 1.82) is 5.26 Å². The minimum Gasteiger partial charge on any atom is -0.291 e. The molecule has 0 radical (unpaired) electrons. The molecule has 0 saturated heterocycles. The van der Waals surface area contributed by atoms with Gasteiger partial charge in [-0.15, -0.1) is 11.6 Å². The predicted molar refractivity (Wildman–Crippen MR) is 51.9 cm³/mol. The summed E-state index contributed by atoms with van der Waals surface area (Å²) in [6, 6.07) is 1.62. The summed E-state index contributed by atoms with van der Waals surface area (Å²) >= 11 is 22.4. The minimum atomic E-state index is -1.11. The third-order valence-electron chi connectivity index (χ3n) is 1.43. The number of halogens is 4. The maximum atomic E-state index is 11.2. The third-order valence-corrected chi connectivity index (χ3v) is 3.33. The largest absolute Gasteiger partial charge is 0.291 e. The van der Waals surface area contributed by atoms with Crippen LogP contribution in [-0.2, 0) is 4.79 Å². The Morgan fingerprint density at radius 3 is 2.23 bits per heavy atom. The summed E-state index contributed by atoms with van der Waals surface area (Å²) in [5, 5.41) is 7.22. The van der Waals surface area contributed by atoms with Crippen LogP contribution in [0.5, 0.6) is 0 Å². The summed E-state index contributed by atoms with van der Waals surface area (Å²) in [5.74, 6) is -0.622. The molecule has 0 N–H and O–H groups in total. The van der Waals surface area contributed by atoms with Crippen LogP contribution in [0, 0.1) is 11.3 Å². The first-order valence-electron chi connectivity index (χ1n) is 3.04. The molecule has 0 aromatic carbocycles. The highest BCUT2D eigenvalue weighted by molar-refractivity contribution is 6.55. The van der Waals surface area contributed by atoms with Crippen molar-refractivity contribution in [3.63, 3.8) is 0 Å². The summed E-state index contributed by atoms with van der Waals surface area (Å²) in [6.07, 6.45) is 0. The van der Waals surface area contributed by atoms with Gasteiger partial charge in [-0.3, -0.25) is 4.79 Å². The van der Waals surface area contributed by atoms with Crippen LogP contribution in [0.15, 0.2) is 20.7 Å². The van der Waals surface area contributed by atoms with Crippen LogP contribution < -0.4 is 0 Å². The summed E-state index contributed by atoms with van der Waals surface area (Å²) in [4.78, 5) is 11.2. The molecule has 0 spiro atoms. The molecule has 0 bridgehead atoms. The fourth-order valence-corrected chi connectivity index (χ4v) is 1.74. The second-order valence-corrected chi connectivity index (χ2v) is 3.79. The molecule has 0 aliphatic heterocycles. The number of allylic oxidation sites excluding steroid dienone is 4. The Bertz CT molecular complexity index is 376. The van der Waals surface area contributed by atoms with Crippen molar-refractivity contribution in [1.82, 2.24) is 0 Å². The van der Waals surface area contributed by atoms with Gasteiger partial charge in [0.25, 0.3) is 0 Å². The van der Waals surface area contributed by atoms with Crippen LogP contribution in [0.1, 0.15) is 0 Å². The normalized spacial score (nSPS) is 23.6. The van der Waals surface area contributed by atoms with Gasteiger partial charge in [-0.2, -0.15) is 5.26 Å². The van der Waals surface area contributed by atoms with E-state index in [0.29, 0.717) is 0 Å². The van der Waals surface area contributed by atoms with Crippen LogP contribution in [0.3, 0.4) is 0 Å². The maximum absolute atomic E-state index is 11.2. The molecular weight excluding hydrogens is 256 g/mol. The summed E-state index contributed by atoms with van der Waals surface area (Å²) in [6.45, 7) is 0. The first kappa shape index (κ1) is 10.9. The molecule has 1 unspecified atom stereocenters. The van der Waals surface area contributed by atoms with Gasteiger partial charge < -0.3 is 0 Å². The Kier molecular flexibility index (Phi) is 3.26. The van der Waals surface area contributed by atoms with Crippen molar-refractivity contribution in [2.75, 3.05) is 0 Å². The number of alkyl halides is 1. The average Bonchev–Trinajstić information content (AvgIpc) is 2.13. The molecule has 1 aliphatic carbocycles. The number of hydrogen-bond acceptors (Lipinski definition) is 2. The lowest BCUT2D eigenvalue weighted by Crippen LogP contribution is -2.21. The summed E-state index contributed by atoms with van der Waals surface area (Å²) < 4.78 is 0. The highest BCUT2D eigenvalue weighted by Crippen LogP contribution is 2.37. The van der Waals surface area contributed by atoms with Gasteiger partial charge in [0.15, 0.2) is 5.78 Å².